The van der Waals surface area contributed by atoms with Crippen LogP contribution in [0.1, 0.15) is 30.4 Å². The quantitative estimate of drug-likeness (QED) is 0.150. The molecular weight excluding hydrogens is 609 g/mol. The maximum Gasteiger partial charge on any atom is 0.149 e. The van der Waals surface area contributed by atoms with Gasteiger partial charge in [-0.05, 0) is 60.9 Å². The lowest BCUT2D eigenvalue weighted by molar-refractivity contribution is 0.0191. The number of sulfone groups is 1. The van der Waals surface area contributed by atoms with Crippen LogP contribution in [0.5, 0.6) is 11.5 Å². The van der Waals surface area contributed by atoms with Gasteiger partial charge in [0.25, 0.3) is 0 Å². The lowest BCUT2D eigenvalue weighted by Crippen LogP contribution is -2.26. The molecule has 12 heteroatoms. The number of halogens is 2. The second-order valence-corrected chi connectivity index (χ2v) is 13.2. The van der Waals surface area contributed by atoms with Gasteiger partial charge in [0.2, 0.25) is 0 Å². The second-order valence-electron chi connectivity index (χ2n) is 10.5. The Hall–Kier alpha value is -3.93. The van der Waals surface area contributed by atoms with Crippen LogP contribution in [0.4, 0.5) is 15.9 Å². The summed E-state index contributed by atoms with van der Waals surface area (Å²) in [4.78, 5) is 8.96. The van der Waals surface area contributed by atoms with Crippen LogP contribution in [-0.4, -0.2) is 50.7 Å². The Morgan fingerprint density at radius 2 is 1.95 bits per heavy atom. The van der Waals surface area contributed by atoms with Gasteiger partial charge in [-0.3, -0.25) is 0 Å². The zero-order chi connectivity index (χ0) is 31.2. The normalized spacial score (nSPS) is 16.2. The maximum atomic E-state index is 13.5. The number of nitrogens with one attached hydrogen (secondary N) is 1. The van der Waals surface area contributed by atoms with E-state index in [4.69, 9.17) is 30.5 Å². The van der Waals surface area contributed by atoms with Crippen LogP contribution in [0.3, 0.4) is 0 Å². The summed E-state index contributed by atoms with van der Waals surface area (Å²) in [5.41, 5.74) is 2.20. The van der Waals surface area contributed by atoms with Gasteiger partial charge in [0.1, 0.15) is 51.5 Å². The minimum atomic E-state index is -3.08. The molecule has 3 aromatic carbocycles. The molecular formula is C32H33ClFN3O6S. The molecule has 0 bridgehead atoms. The smallest absolute Gasteiger partial charge is 0.149 e. The molecule has 44 heavy (non-hydrogen) atoms. The molecule has 1 aromatic heterocycles. The number of rotatable bonds is 14. The van der Waals surface area contributed by atoms with Gasteiger partial charge in [0.15, 0.2) is 0 Å². The zero-order valence-electron chi connectivity index (χ0n) is 24.4. The molecule has 232 valence electrons. The molecule has 2 heterocycles. The first kappa shape index (κ1) is 31.5. The van der Waals surface area contributed by atoms with E-state index in [2.05, 4.69) is 15.3 Å². The predicted molar refractivity (Wildman–Crippen MR) is 168 cm³/mol. The van der Waals surface area contributed by atoms with Crippen molar-refractivity contribution in [3.05, 3.63) is 95.2 Å². The predicted octanol–water partition coefficient (Wildman–Crippen LogP) is 6.72. The largest absolute Gasteiger partial charge is 0.496 e. The molecule has 0 saturated carbocycles. The average Bonchev–Trinajstić information content (AvgIpc) is 3.47. The van der Waals surface area contributed by atoms with Crippen molar-refractivity contribution in [1.29, 1.82) is 0 Å². The highest BCUT2D eigenvalue weighted by molar-refractivity contribution is 7.90. The fourth-order valence-corrected chi connectivity index (χ4v) is 5.69. The van der Waals surface area contributed by atoms with E-state index in [1.807, 2.05) is 24.3 Å². The maximum absolute atomic E-state index is 13.5. The third-order valence-electron chi connectivity index (χ3n) is 7.23. The Balaban J connectivity index is 1.35. The molecule has 1 unspecified atom stereocenters. The summed E-state index contributed by atoms with van der Waals surface area (Å²) >= 11 is 6.53. The van der Waals surface area contributed by atoms with Crippen LogP contribution in [0, 0.1) is 5.82 Å². The Morgan fingerprint density at radius 1 is 1.09 bits per heavy atom. The second kappa shape index (κ2) is 13.8. The molecule has 0 fully saturated rings. The third kappa shape index (κ3) is 7.77. The van der Waals surface area contributed by atoms with E-state index in [1.165, 1.54) is 24.7 Å². The molecule has 1 atom stereocenters. The van der Waals surface area contributed by atoms with Crippen LogP contribution in [0.2, 0.25) is 5.02 Å². The fraction of sp³-hybridized carbons (Fsp3) is 0.312. The lowest BCUT2D eigenvalue weighted by Gasteiger charge is -2.31. The van der Waals surface area contributed by atoms with Crippen molar-refractivity contribution < 1.29 is 31.8 Å². The highest BCUT2D eigenvalue weighted by atomic mass is 35.5. The van der Waals surface area contributed by atoms with Crippen molar-refractivity contribution in [1.82, 2.24) is 9.97 Å². The number of nitrogens with zero attached hydrogens (tertiary/aromatic N) is 2. The summed E-state index contributed by atoms with van der Waals surface area (Å²) in [5, 5.41) is 4.47. The summed E-state index contributed by atoms with van der Waals surface area (Å²) < 4.78 is 59.6. The first-order chi connectivity index (χ1) is 21.2. The SMILES string of the molecule is COc1cc2ncnc(Nc3ccc(OCc4cccc(F)c4)c(Cl)c3)c2cc1C1(CCCOCCS(C)(=O)=O)CC=CO1. The van der Waals surface area contributed by atoms with Crippen molar-refractivity contribution in [2.75, 3.05) is 37.6 Å². The number of fused-ring (bicyclic) bond motifs is 1. The van der Waals surface area contributed by atoms with E-state index in [1.54, 1.807) is 37.6 Å². The number of methoxy groups -OCH3 is 1. The van der Waals surface area contributed by atoms with Gasteiger partial charge in [-0.2, -0.15) is 0 Å². The van der Waals surface area contributed by atoms with Crippen molar-refractivity contribution >= 4 is 43.8 Å². The van der Waals surface area contributed by atoms with E-state index < -0.39 is 15.4 Å². The van der Waals surface area contributed by atoms with Crippen LogP contribution >= 0.6 is 11.6 Å². The summed E-state index contributed by atoms with van der Waals surface area (Å²) in [7, 11) is -1.47. The molecule has 1 N–H and O–H groups in total. The van der Waals surface area contributed by atoms with E-state index in [0.29, 0.717) is 65.0 Å². The topological polar surface area (TPSA) is 109 Å². The lowest BCUT2D eigenvalue weighted by atomic mass is 9.85. The molecule has 0 saturated heterocycles. The minimum Gasteiger partial charge on any atom is -0.496 e. The van der Waals surface area contributed by atoms with Crippen LogP contribution in [-0.2, 0) is 31.5 Å². The summed E-state index contributed by atoms with van der Waals surface area (Å²) in [5.74, 6) is 1.32. The molecule has 5 rings (SSSR count). The standard InChI is InChI=1S/C32H33ClFN3O6S/c1-40-30-19-28-25(18-26(30)32(11-5-13-43-32)10-4-12-41-14-15-44(2,38)39)31(36-21-35-28)37-24-8-9-29(27(33)17-24)42-20-22-6-3-7-23(34)16-22/h3,5-9,13,16-19,21H,4,10-12,14-15,20H2,1-2H3,(H,35,36,37). The monoisotopic (exact) mass is 641 g/mol. The number of anilines is 2. The fourth-order valence-electron chi connectivity index (χ4n) is 5.03. The van der Waals surface area contributed by atoms with Gasteiger partial charge in [-0.1, -0.05) is 23.7 Å². The summed E-state index contributed by atoms with van der Waals surface area (Å²) in [6.45, 7) is 0.729. The minimum absolute atomic E-state index is 0.0135. The number of aromatic nitrogens is 2. The van der Waals surface area contributed by atoms with Gasteiger partial charge >= 0.3 is 0 Å². The first-order valence-corrected chi connectivity index (χ1v) is 16.4. The zero-order valence-corrected chi connectivity index (χ0v) is 26.0. The average molecular weight is 642 g/mol. The van der Waals surface area contributed by atoms with Crippen LogP contribution in [0.25, 0.3) is 10.9 Å². The van der Waals surface area contributed by atoms with E-state index in [-0.39, 0.29) is 24.8 Å². The Bertz CT molecular complexity index is 1760. The number of hydrogen-bond acceptors (Lipinski definition) is 9. The van der Waals surface area contributed by atoms with Gasteiger partial charge in [0, 0.05) is 42.0 Å². The number of hydrogen-bond donors (Lipinski definition) is 1. The van der Waals surface area contributed by atoms with E-state index in [0.717, 1.165) is 10.9 Å². The Kier molecular flexibility index (Phi) is 9.87. The Morgan fingerprint density at radius 3 is 2.68 bits per heavy atom. The summed E-state index contributed by atoms with van der Waals surface area (Å²) in [6, 6.07) is 15.3. The van der Waals surface area contributed by atoms with Gasteiger partial charge in [-0.25, -0.2) is 22.8 Å². The molecule has 0 spiro atoms. The third-order valence-corrected chi connectivity index (χ3v) is 8.43. The molecule has 1 aliphatic heterocycles. The van der Waals surface area contributed by atoms with Crippen molar-refractivity contribution in [3.8, 4) is 11.5 Å². The van der Waals surface area contributed by atoms with Crippen molar-refractivity contribution in [2.24, 2.45) is 0 Å². The molecule has 9 nitrogen and oxygen atoms in total. The number of benzene rings is 3. The van der Waals surface area contributed by atoms with Gasteiger partial charge in [-0.15, -0.1) is 0 Å². The Labute approximate surface area is 260 Å². The van der Waals surface area contributed by atoms with Gasteiger partial charge in [0.05, 0.1) is 36.3 Å². The van der Waals surface area contributed by atoms with E-state index >= 15 is 0 Å². The number of ether oxygens (including phenoxy) is 4. The summed E-state index contributed by atoms with van der Waals surface area (Å²) in [6.07, 6.45) is 8.21. The van der Waals surface area contributed by atoms with Crippen LogP contribution < -0.4 is 14.8 Å². The molecule has 0 amide bonds. The molecule has 0 radical (unpaired) electrons. The highest BCUT2D eigenvalue weighted by Gasteiger charge is 2.38. The van der Waals surface area contributed by atoms with Gasteiger partial charge < -0.3 is 24.3 Å². The first-order valence-electron chi connectivity index (χ1n) is 14.0. The molecule has 0 aliphatic carbocycles. The molecule has 4 aromatic rings. The van der Waals surface area contributed by atoms with Crippen molar-refractivity contribution in [3.63, 3.8) is 0 Å². The van der Waals surface area contributed by atoms with Crippen LogP contribution in [0.15, 0.2) is 73.3 Å². The molecule has 1 aliphatic rings. The van der Waals surface area contributed by atoms with Crippen molar-refractivity contribution in [2.45, 2.75) is 31.5 Å². The highest BCUT2D eigenvalue weighted by Crippen LogP contribution is 2.45. The van der Waals surface area contributed by atoms with E-state index in [9.17, 15) is 12.8 Å².